The maximum atomic E-state index is 4.46. The lowest BCUT2D eigenvalue weighted by Gasteiger charge is -2.20. The zero-order valence-corrected chi connectivity index (χ0v) is 14.1. The summed E-state index contributed by atoms with van der Waals surface area (Å²) in [6.45, 7) is 5.36. The van der Waals surface area contributed by atoms with Crippen LogP contribution in [0.1, 0.15) is 11.4 Å². The second kappa shape index (κ2) is 5.63. The number of aryl methyl sites for hydroxylation is 1. The predicted molar refractivity (Wildman–Crippen MR) is 90.6 cm³/mol. The molecule has 2 atom stereocenters. The fourth-order valence-corrected chi connectivity index (χ4v) is 4.05. The smallest absolute Gasteiger partial charge is 0.131 e. The molecule has 114 valence electrons. The lowest BCUT2D eigenvalue weighted by molar-refractivity contribution is 0.292. The summed E-state index contributed by atoms with van der Waals surface area (Å²) < 4.78 is 0.846. The van der Waals surface area contributed by atoms with Gasteiger partial charge in [0, 0.05) is 31.7 Å². The Balaban J connectivity index is 1.33. The van der Waals surface area contributed by atoms with Crippen molar-refractivity contribution >= 4 is 21.7 Å². The predicted octanol–water partition coefficient (Wildman–Crippen LogP) is 3.09. The van der Waals surface area contributed by atoms with Gasteiger partial charge in [-0.3, -0.25) is 4.90 Å². The molecule has 2 aliphatic rings. The zero-order chi connectivity index (χ0) is 15.1. The minimum Gasteiger partial charge on any atom is -0.367 e. The molecule has 0 amide bonds. The van der Waals surface area contributed by atoms with Crippen molar-refractivity contribution in [3.8, 4) is 0 Å². The van der Waals surface area contributed by atoms with Gasteiger partial charge in [-0.05, 0) is 40.3 Å². The molecule has 4 rings (SSSR count). The number of nitrogens with one attached hydrogen (secondary N) is 1. The Morgan fingerprint density at radius 2 is 1.91 bits per heavy atom. The second-order valence-corrected chi connectivity index (χ2v) is 7.11. The molecule has 2 heterocycles. The van der Waals surface area contributed by atoms with Crippen LogP contribution in [0.25, 0.3) is 0 Å². The van der Waals surface area contributed by atoms with Gasteiger partial charge in [0.1, 0.15) is 16.2 Å². The van der Waals surface area contributed by atoms with Gasteiger partial charge in [-0.2, -0.15) is 0 Å². The number of piperidine rings is 1. The molecule has 0 spiro atoms. The summed E-state index contributed by atoms with van der Waals surface area (Å²) in [5, 5.41) is 3.58. The van der Waals surface area contributed by atoms with Crippen molar-refractivity contribution in [1.82, 2.24) is 14.9 Å². The summed E-state index contributed by atoms with van der Waals surface area (Å²) in [6.07, 6.45) is 0. The summed E-state index contributed by atoms with van der Waals surface area (Å²) in [4.78, 5) is 11.3. The summed E-state index contributed by atoms with van der Waals surface area (Å²) in [7, 11) is 0. The standard InChI is InChI=1S/C17H19BrN4/c1-11-19-15(18)7-16(20-11)21-17-13-9-22(10-14(13)17)8-12-5-3-2-4-6-12/h2-7,13-14,17H,8-10H2,1H3,(H,19,20,21). The first-order valence-corrected chi connectivity index (χ1v) is 8.52. The summed E-state index contributed by atoms with van der Waals surface area (Å²) in [5.74, 6) is 3.26. The Morgan fingerprint density at radius 1 is 1.18 bits per heavy atom. The van der Waals surface area contributed by atoms with Crippen molar-refractivity contribution in [2.45, 2.75) is 19.5 Å². The minimum atomic E-state index is 0.577. The molecule has 0 radical (unpaired) electrons. The molecule has 5 heteroatoms. The number of aromatic nitrogens is 2. The quantitative estimate of drug-likeness (QED) is 0.852. The van der Waals surface area contributed by atoms with Gasteiger partial charge >= 0.3 is 0 Å². The maximum absolute atomic E-state index is 4.46. The molecule has 1 aliphatic carbocycles. The van der Waals surface area contributed by atoms with Crippen molar-refractivity contribution < 1.29 is 0 Å². The van der Waals surface area contributed by atoms with Crippen LogP contribution in [-0.2, 0) is 6.54 Å². The van der Waals surface area contributed by atoms with E-state index in [0.717, 1.165) is 34.6 Å². The SMILES string of the molecule is Cc1nc(Br)cc(NC2C3CN(Cc4ccccc4)CC32)n1. The van der Waals surface area contributed by atoms with Crippen LogP contribution in [0.3, 0.4) is 0 Å². The van der Waals surface area contributed by atoms with Crippen molar-refractivity contribution in [2.75, 3.05) is 18.4 Å². The van der Waals surface area contributed by atoms with Crippen LogP contribution >= 0.6 is 15.9 Å². The van der Waals surface area contributed by atoms with Crippen LogP contribution in [0, 0.1) is 18.8 Å². The highest BCUT2D eigenvalue weighted by atomic mass is 79.9. The molecule has 2 aromatic rings. The Labute approximate surface area is 139 Å². The number of fused-ring (bicyclic) bond motifs is 1. The molecular formula is C17H19BrN4. The van der Waals surface area contributed by atoms with Gasteiger partial charge in [-0.15, -0.1) is 0 Å². The minimum absolute atomic E-state index is 0.577. The van der Waals surface area contributed by atoms with Gasteiger partial charge in [-0.25, -0.2) is 9.97 Å². The van der Waals surface area contributed by atoms with Crippen molar-refractivity contribution in [1.29, 1.82) is 0 Å². The molecule has 2 unspecified atom stereocenters. The van der Waals surface area contributed by atoms with E-state index in [-0.39, 0.29) is 0 Å². The lowest BCUT2D eigenvalue weighted by Crippen LogP contribution is -2.27. The molecule has 1 saturated heterocycles. The number of hydrogen-bond acceptors (Lipinski definition) is 4. The number of anilines is 1. The van der Waals surface area contributed by atoms with Gasteiger partial charge in [0.2, 0.25) is 0 Å². The Kier molecular flexibility index (Phi) is 3.62. The Hall–Kier alpha value is -1.46. The monoisotopic (exact) mass is 358 g/mol. The summed E-state index contributed by atoms with van der Waals surface area (Å²) in [6, 6.07) is 13.3. The van der Waals surface area contributed by atoms with Crippen molar-refractivity contribution in [3.63, 3.8) is 0 Å². The highest BCUT2D eigenvalue weighted by molar-refractivity contribution is 9.10. The second-order valence-electron chi connectivity index (χ2n) is 6.30. The number of rotatable bonds is 4. The van der Waals surface area contributed by atoms with Gasteiger partial charge in [0.05, 0.1) is 0 Å². The zero-order valence-electron chi connectivity index (χ0n) is 12.5. The van der Waals surface area contributed by atoms with Crippen LogP contribution in [0.2, 0.25) is 0 Å². The largest absolute Gasteiger partial charge is 0.367 e. The van der Waals surface area contributed by atoms with E-state index in [1.165, 1.54) is 18.7 Å². The van der Waals surface area contributed by atoms with Crippen LogP contribution in [0.4, 0.5) is 5.82 Å². The first-order chi connectivity index (χ1) is 10.7. The molecule has 4 nitrogen and oxygen atoms in total. The summed E-state index contributed by atoms with van der Waals surface area (Å²) in [5.41, 5.74) is 1.41. The average Bonchev–Trinajstić information content (AvgIpc) is 2.93. The van der Waals surface area contributed by atoms with E-state index < -0.39 is 0 Å². The van der Waals surface area contributed by atoms with Crippen LogP contribution < -0.4 is 5.32 Å². The van der Waals surface area contributed by atoms with Crippen LogP contribution in [0.5, 0.6) is 0 Å². The van der Waals surface area contributed by atoms with Crippen LogP contribution in [0.15, 0.2) is 41.0 Å². The van der Waals surface area contributed by atoms with E-state index in [1.54, 1.807) is 0 Å². The fourth-order valence-electron chi connectivity index (χ4n) is 3.57. The Morgan fingerprint density at radius 3 is 2.59 bits per heavy atom. The molecule has 2 fully saturated rings. The van der Waals surface area contributed by atoms with E-state index in [4.69, 9.17) is 0 Å². The van der Waals surface area contributed by atoms with Gasteiger partial charge in [0.15, 0.2) is 0 Å². The maximum Gasteiger partial charge on any atom is 0.131 e. The first-order valence-electron chi connectivity index (χ1n) is 7.73. The molecule has 1 aromatic carbocycles. The third-order valence-electron chi connectivity index (χ3n) is 4.64. The fraction of sp³-hybridized carbons (Fsp3) is 0.412. The van der Waals surface area contributed by atoms with E-state index in [1.807, 2.05) is 13.0 Å². The third kappa shape index (κ3) is 2.88. The molecule has 22 heavy (non-hydrogen) atoms. The van der Waals surface area contributed by atoms with Crippen molar-refractivity contribution in [3.05, 3.63) is 52.4 Å². The number of benzene rings is 1. The van der Waals surface area contributed by atoms with Gasteiger partial charge in [0.25, 0.3) is 0 Å². The summed E-state index contributed by atoms with van der Waals surface area (Å²) >= 11 is 3.43. The average molecular weight is 359 g/mol. The molecular weight excluding hydrogens is 340 g/mol. The number of likely N-dealkylation sites (tertiary alicyclic amines) is 1. The highest BCUT2D eigenvalue weighted by Gasteiger charge is 2.55. The number of nitrogens with zero attached hydrogens (tertiary/aromatic N) is 3. The molecule has 0 bridgehead atoms. The Bertz CT molecular complexity index is 643. The normalized spacial score (nSPS) is 26.7. The van der Waals surface area contributed by atoms with Crippen LogP contribution in [-0.4, -0.2) is 34.0 Å². The molecule has 1 N–H and O–H groups in total. The van der Waals surface area contributed by atoms with Gasteiger partial charge in [-0.1, -0.05) is 30.3 Å². The van der Waals surface area contributed by atoms with E-state index >= 15 is 0 Å². The molecule has 1 aliphatic heterocycles. The van der Waals surface area contributed by atoms with E-state index in [2.05, 4.69) is 66.4 Å². The molecule has 1 aromatic heterocycles. The van der Waals surface area contributed by atoms with E-state index in [9.17, 15) is 0 Å². The third-order valence-corrected chi connectivity index (χ3v) is 5.05. The highest BCUT2D eigenvalue weighted by Crippen LogP contribution is 2.47. The first kappa shape index (κ1) is 14.2. The van der Waals surface area contributed by atoms with Gasteiger partial charge < -0.3 is 5.32 Å². The number of halogens is 1. The van der Waals surface area contributed by atoms with E-state index in [0.29, 0.717) is 6.04 Å². The van der Waals surface area contributed by atoms with Crippen molar-refractivity contribution in [2.24, 2.45) is 11.8 Å². The number of hydrogen-bond donors (Lipinski definition) is 1. The topological polar surface area (TPSA) is 41.1 Å². The molecule has 1 saturated carbocycles. The lowest BCUT2D eigenvalue weighted by atomic mass is 10.2.